The van der Waals surface area contributed by atoms with Gasteiger partial charge in [0.2, 0.25) is 0 Å². The fourth-order valence-corrected chi connectivity index (χ4v) is 2.47. The molecule has 6 heteroatoms. The number of benzene rings is 2. The second-order valence-electron chi connectivity index (χ2n) is 5.47. The van der Waals surface area contributed by atoms with Crippen LogP contribution in [0.25, 0.3) is 0 Å². The Hall–Kier alpha value is -2.40. The largest absolute Gasteiger partial charge is 0.490 e. The third kappa shape index (κ3) is 5.03. The predicted octanol–water partition coefficient (Wildman–Crippen LogP) is 4.51. The van der Waals surface area contributed by atoms with Crippen molar-refractivity contribution < 1.29 is 24.1 Å². The summed E-state index contributed by atoms with van der Waals surface area (Å²) in [5.41, 5.74) is 2.41. The summed E-state index contributed by atoms with van der Waals surface area (Å²) >= 11 is 6.14. The van der Waals surface area contributed by atoms with E-state index in [1.807, 2.05) is 32.0 Å². The van der Waals surface area contributed by atoms with Gasteiger partial charge in [-0.25, -0.2) is 4.79 Å². The normalized spacial score (nSPS) is 10.4. The molecule has 0 unspecified atom stereocenters. The second kappa shape index (κ2) is 8.62. The van der Waals surface area contributed by atoms with Gasteiger partial charge in [0.1, 0.15) is 19.0 Å². The molecule has 0 heterocycles. The number of rotatable bonds is 8. The lowest BCUT2D eigenvalue weighted by molar-refractivity contribution is 0.0696. The molecular formula is C19H21ClO5. The third-order valence-electron chi connectivity index (χ3n) is 3.63. The number of hydrogen-bond acceptors (Lipinski definition) is 4. The lowest BCUT2D eigenvalue weighted by Crippen LogP contribution is -2.11. The van der Waals surface area contributed by atoms with E-state index in [0.717, 1.165) is 11.3 Å². The highest BCUT2D eigenvalue weighted by molar-refractivity contribution is 6.32. The zero-order chi connectivity index (χ0) is 18.4. The number of halogens is 1. The molecule has 0 radical (unpaired) electrons. The standard InChI is InChI=1S/C19H21ClO5/c1-4-23-17-11-14(19(21)22)10-16(20)18(17)25-8-7-24-15-6-5-12(2)13(3)9-15/h5-6,9-11H,4,7-8H2,1-3H3,(H,21,22). The van der Waals surface area contributed by atoms with Crippen LogP contribution >= 0.6 is 11.6 Å². The maximum atomic E-state index is 11.1. The van der Waals surface area contributed by atoms with Gasteiger partial charge in [-0.15, -0.1) is 0 Å². The van der Waals surface area contributed by atoms with Gasteiger partial charge in [0.05, 0.1) is 17.2 Å². The Labute approximate surface area is 152 Å². The smallest absolute Gasteiger partial charge is 0.335 e. The van der Waals surface area contributed by atoms with E-state index in [9.17, 15) is 4.79 Å². The van der Waals surface area contributed by atoms with E-state index in [4.69, 9.17) is 30.9 Å². The highest BCUT2D eigenvalue weighted by Crippen LogP contribution is 2.36. The van der Waals surface area contributed by atoms with Crippen LogP contribution in [0.15, 0.2) is 30.3 Å². The van der Waals surface area contributed by atoms with Crippen LogP contribution in [0.3, 0.4) is 0 Å². The molecule has 134 valence electrons. The molecule has 0 aliphatic carbocycles. The molecule has 0 spiro atoms. The van der Waals surface area contributed by atoms with Crippen molar-refractivity contribution in [2.24, 2.45) is 0 Å². The van der Waals surface area contributed by atoms with Gasteiger partial charge in [-0.2, -0.15) is 0 Å². The lowest BCUT2D eigenvalue weighted by Gasteiger charge is -2.15. The maximum Gasteiger partial charge on any atom is 0.335 e. The van der Waals surface area contributed by atoms with Crippen LogP contribution in [0, 0.1) is 13.8 Å². The molecule has 0 aliphatic rings. The highest BCUT2D eigenvalue weighted by atomic mass is 35.5. The quantitative estimate of drug-likeness (QED) is 0.698. The first-order chi connectivity index (χ1) is 11.9. The van der Waals surface area contributed by atoms with Crippen LogP contribution in [0.1, 0.15) is 28.4 Å². The zero-order valence-corrected chi connectivity index (χ0v) is 15.2. The molecule has 0 atom stereocenters. The minimum Gasteiger partial charge on any atom is -0.490 e. The number of hydrogen-bond donors (Lipinski definition) is 1. The average molecular weight is 365 g/mol. The molecule has 0 saturated heterocycles. The molecule has 5 nitrogen and oxygen atoms in total. The van der Waals surface area contributed by atoms with Gasteiger partial charge < -0.3 is 19.3 Å². The Bertz CT molecular complexity index is 758. The van der Waals surface area contributed by atoms with E-state index in [0.29, 0.717) is 24.7 Å². The molecule has 0 amide bonds. The van der Waals surface area contributed by atoms with E-state index < -0.39 is 5.97 Å². The van der Waals surface area contributed by atoms with Crippen molar-refractivity contribution in [1.29, 1.82) is 0 Å². The number of aryl methyl sites for hydroxylation is 2. The van der Waals surface area contributed by atoms with Crippen LogP contribution in [0.2, 0.25) is 5.02 Å². The first-order valence-corrected chi connectivity index (χ1v) is 8.32. The van der Waals surface area contributed by atoms with Gasteiger partial charge in [0.15, 0.2) is 11.5 Å². The summed E-state index contributed by atoms with van der Waals surface area (Å²) in [6.07, 6.45) is 0. The van der Waals surface area contributed by atoms with Crippen molar-refractivity contribution in [3.05, 3.63) is 52.0 Å². The molecule has 2 rings (SSSR count). The van der Waals surface area contributed by atoms with Gasteiger partial charge in [-0.3, -0.25) is 0 Å². The van der Waals surface area contributed by atoms with Crippen molar-refractivity contribution >= 4 is 17.6 Å². The van der Waals surface area contributed by atoms with Gasteiger partial charge in [-0.1, -0.05) is 17.7 Å². The summed E-state index contributed by atoms with van der Waals surface area (Å²) in [5.74, 6) is 0.312. The number of ether oxygens (including phenoxy) is 3. The zero-order valence-electron chi connectivity index (χ0n) is 14.5. The van der Waals surface area contributed by atoms with Crippen molar-refractivity contribution in [3.63, 3.8) is 0 Å². The van der Waals surface area contributed by atoms with Gasteiger partial charge in [-0.05, 0) is 56.2 Å². The Kier molecular flexibility index (Phi) is 6.53. The van der Waals surface area contributed by atoms with Crippen LogP contribution in [-0.2, 0) is 0 Å². The average Bonchev–Trinajstić information content (AvgIpc) is 2.56. The Morgan fingerprint density at radius 2 is 1.76 bits per heavy atom. The van der Waals surface area contributed by atoms with Gasteiger partial charge in [0, 0.05) is 0 Å². The second-order valence-corrected chi connectivity index (χ2v) is 5.87. The van der Waals surface area contributed by atoms with E-state index in [-0.39, 0.29) is 17.2 Å². The number of carboxylic acid groups (broad SMARTS) is 1. The fourth-order valence-electron chi connectivity index (χ4n) is 2.20. The maximum absolute atomic E-state index is 11.1. The van der Waals surface area contributed by atoms with E-state index in [2.05, 4.69) is 0 Å². The summed E-state index contributed by atoms with van der Waals surface area (Å²) < 4.78 is 16.8. The third-order valence-corrected chi connectivity index (χ3v) is 3.91. The number of carbonyl (C=O) groups is 1. The van der Waals surface area contributed by atoms with Crippen LogP contribution in [0.4, 0.5) is 0 Å². The van der Waals surface area contributed by atoms with Crippen LogP contribution < -0.4 is 14.2 Å². The Morgan fingerprint density at radius 3 is 2.40 bits per heavy atom. The minimum absolute atomic E-state index is 0.0483. The predicted molar refractivity (Wildman–Crippen MR) is 96.5 cm³/mol. The Balaban J connectivity index is 2.01. The summed E-state index contributed by atoms with van der Waals surface area (Å²) in [6, 6.07) is 8.61. The Morgan fingerprint density at radius 1 is 1.04 bits per heavy atom. The van der Waals surface area contributed by atoms with Crippen molar-refractivity contribution in [2.75, 3.05) is 19.8 Å². The van der Waals surface area contributed by atoms with Crippen molar-refractivity contribution in [2.45, 2.75) is 20.8 Å². The molecule has 0 aromatic heterocycles. The van der Waals surface area contributed by atoms with E-state index in [1.165, 1.54) is 17.7 Å². The molecule has 0 saturated carbocycles. The highest BCUT2D eigenvalue weighted by Gasteiger charge is 2.15. The molecule has 2 aromatic rings. The molecule has 0 aliphatic heterocycles. The molecule has 0 bridgehead atoms. The summed E-state index contributed by atoms with van der Waals surface area (Å²) in [5, 5.41) is 9.29. The summed E-state index contributed by atoms with van der Waals surface area (Å²) in [4.78, 5) is 11.1. The molecule has 0 fully saturated rings. The first kappa shape index (κ1) is 18.9. The van der Waals surface area contributed by atoms with Crippen LogP contribution in [-0.4, -0.2) is 30.9 Å². The fraction of sp³-hybridized carbons (Fsp3) is 0.316. The summed E-state index contributed by atoms with van der Waals surface area (Å²) in [6.45, 7) is 6.81. The molecule has 2 aromatic carbocycles. The van der Waals surface area contributed by atoms with Gasteiger partial charge in [0.25, 0.3) is 0 Å². The molecular weight excluding hydrogens is 344 g/mol. The van der Waals surface area contributed by atoms with E-state index in [1.54, 1.807) is 6.92 Å². The van der Waals surface area contributed by atoms with Crippen molar-refractivity contribution in [3.8, 4) is 17.2 Å². The SMILES string of the molecule is CCOc1cc(C(=O)O)cc(Cl)c1OCCOc1ccc(C)c(C)c1. The topological polar surface area (TPSA) is 65.0 Å². The first-order valence-electron chi connectivity index (χ1n) is 7.94. The van der Waals surface area contributed by atoms with Crippen molar-refractivity contribution in [1.82, 2.24) is 0 Å². The van der Waals surface area contributed by atoms with E-state index >= 15 is 0 Å². The van der Waals surface area contributed by atoms with Gasteiger partial charge >= 0.3 is 5.97 Å². The minimum atomic E-state index is -1.08. The molecule has 25 heavy (non-hydrogen) atoms. The molecule has 1 N–H and O–H groups in total. The number of aromatic carboxylic acids is 1. The van der Waals surface area contributed by atoms with Crippen LogP contribution in [0.5, 0.6) is 17.2 Å². The monoisotopic (exact) mass is 364 g/mol. The lowest BCUT2D eigenvalue weighted by atomic mass is 10.1. The number of carboxylic acids is 1. The summed E-state index contributed by atoms with van der Waals surface area (Å²) in [7, 11) is 0.